The minimum absolute atomic E-state index is 0.172. The standard InChI is InChI=1S/C19H17NO3S/c1-2-21-14-7-5-6-13(10-14)15-12-24-19(20-15)18-11-22-16-8-3-4-9-17(16)23-18/h3-10,12,18H,2,11H2,1H3/t18-/m0/s1. The Labute approximate surface area is 144 Å². The van der Waals surface area contributed by atoms with Gasteiger partial charge in [-0.3, -0.25) is 0 Å². The average molecular weight is 339 g/mol. The lowest BCUT2D eigenvalue weighted by Crippen LogP contribution is -2.21. The molecular formula is C19H17NO3S. The van der Waals surface area contributed by atoms with E-state index in [9.17, 15) is 0 Å². The lowest BCUT2D eigenvalue weighted by molar-refractivity contribution is 0.0911. The van der Waals surface area contributed by atoms with E-state index in [2.05, 4.69) is 0 Å². The highest BCUT2D eigenvalue weighted by Gasteiger charge is 2.25. The smallest absolute Gasteiger partial charge is 0.184 e. The molecule has 0 saturated heterocycles. The zero-order valence-electron chi connectivity index (χ0n) is 13.3. The molecule has 4 rings (SSSR count). The molecule has 1 aromatic heterocycles. The Morgan fingerprint density at radius 1 is 1.17 bits per heavy atom. The van der Waals surface area contributed by atoms with E-state index in [1.165, 1.54) is 0 Å². The van der Waals surface area contributed by atoms with Gasteiger partial charge in [-0.15, -0.1) is 11.3 Å². The van der Waals surface area contributed by atoms with E-state index in [0.29, 0.717) is 13.2 Å². The Morgan fingerprint density at radius 3 is 2.92 bits per heavy atom. The number of para-hydroxylation sites is 2. The van der Waals surface area contributed by atoms with E-state index in [4.69, 9.17) is 19.2 Å². The summed E-state index contributed by atoms with van der Waals surface area (Å²) in [6.45, 7) is 3.10. The summed E-state index contributed by atoms with van der Waals surface area (Å²) in [5.74, 6) is 2.41. The van der Waals surface area contributed by atoms with Gasteiger partial charge in [-0.2, -0.15) is 0 Å². The van der Waals surface area contributed by atoms with Crippen LogP contribution >= 0.6 is 11.3 Å². The number of thiazole rings is 1. The molecule has 0 saturated carbocycles. The quantitative estimate of drug-likeness (QED) is 0.689. The van der Waals surface area contributed by atoms with Crippen molar-refractivity contribution in [3.8, 4) is 28.5 Å². The van der Waals surface area contributed by atoms with Gasteiger partial charge in [-0.05, 0) is 31.2 Å². The van der Waals surface area contributed by atoms with Gasteiger partial charge >= 0.3 is 0 Å². The van der Waals surface area contributed by atoms with Gasteiger partial charge in [-0.25, -0.2) is 4.98 Å². The summed E-state index contributed by atoms with van der Waals surface area (Å²) in [6.07, 6.45) is -0.172. The van der Waals surface area contributed by atoms with E-state index in [-0.39, 0.29) is 6.10 Å². The second kappa shape index (κ2) is 6.53. The first-order valence-corrected chi connectivity index (χ1v) is 8.78. The number of hydrogen-bond donors (Lipinski definition) is 0. The maximum Gasteiger partial charge on any atom is 0.184 e. The van der Waals surface area contributed by atoms with Crippen molar-refractivity contribution in [2.45, 2.75) is 13.0 Å². The summed E-state index contributed by atoms with van der Waals surface area (Å²) in [5, 5.41) is 2.96. The Balaban J connectivity index is 1.56. The fraction of sp³-hybridized carbons (Fsp3) is 0.211. The van der Waals surface area contributed by atoms with Crippen LogP contribution in [0, 0.1) is 0 Å². The number of hydrogen-bond acceptors (Lipinski definition) is 5. The second-order valence-corrected chi connectivity index (χ2v) is 6.29. The average Bonchev–Trinajstić information content (AvgIpc) is 3.12. The van der Waals surface area contributed by atoms with Crippen LogP contribution in [0.2, 0.25) is 0 Å². The Bertz CT molecular complexity index is 846. The van der Waals surface area contributed by atoms with Crippen LogP contribution in [-0.4, -0.2) is 18.2 Å². The van der Waals surface area contributed by atoms with Crippen LogP contribution in [0.4, 0.5) is 0 Å². The zero-order chi connectivity index (χ0) is 16.4. The molecule has 0 bridgehead atoms. The third-order valence-corrected chi connectivity index (χ3v) is 4.68. The lowest BCUT2D eigenvalue weighted by Gasteiger charge is -2.24. The van der Waals surface area contributed by atoms with Crippen molar-refractivity contribution < 1.29 is 14.2 Å². The number of fused-ring (bicyclic) bond motifs is 1. The molecule has 122 valence electrons. The van der Waals surface area contributed by atoms with Crippen LogP contribution < -0.4 is 14.2 Å². The topological polar surface area (TPSA) is 40.6 Å². The first-order chi connectivity index (χ1) is 11.8. The van der Waals surface area contributed by atoms with Crippen molar-refractivity contribution in [1.82, 2.24) is 4.98 Å². The molecule has 5 heteroatoms. The van der Waals surface area contributed by atoms with E-state index >= 15 is 0 Å². The van der Waals surface area contributed by atoms with E-state index < -0.39 is 0 Å². The fourth-order valence-corrected chi connectivity index (χ4v) is 3.46. The molecule has 0 amide bonds. The van der Waals surface area contributed by atoms with Crippen LogP contribution in [0.15, 0.2) is 53.9 Å². The summed E-state index contributed by atoms with van der Waals surface area (Å²) in [6, 6.07) is 15.7. The van der Waals surface area contributed by atoms with Crippen molar-refractivity contribution in [2.75, 3.05) is 13.2 Å². The summed E-state index contributed by atoms with van der Waals surface area (Å²) in [4.78, 5) is 4.74. The fourth-order valence-electron chi connectivity index (χ4n) is 2.62. The number of benzene rings is 2. The lowest BCUT2D eigenvalue weighted by atomic mass is 10.1. The first kappa shape index (κ1) is 15.0. The van der Waals surface area contributed by atoms with Crippen LogP contribution in [0.25, 0.3) is 11.3 Å². The van der Waals surface area contributed by atoms with Gasteiger partial charge in [0.05, 0.1) is 12.3 Å². The summed E-state index contributed by atoms with van der Waals surface area (Å²) < 4.78 is 17.4. The minimum atomic E-state index is -0.172. The predicted octanol–water partition coefficient (Wildman–Crippen LogP) is 4.72. The van der Waals surface area contributed by atoms with E-state index in [0.717, 1.165) is 33.5 Å². The molecule has 1 aliphatic rings. The van der Waals surface area contributed by atoms with Gasteiger partial charge in [-0.1, -0.05) is 24.3 Å². The zero-order valence-corrected chi connectivity index (χ0v) is 14.1. The van der Waals surface area contributed by atoms with E-state index in [1.54, 1.807) is 11.3 Å². The van der Waals surface area contributed by atoms with Crippen molar-refractivity contribution >= 4 is 11.3 Å². The minimum Gasteiger partial charge on any atom is -0.494 e. The molecule has 0 fully saturated rings. The maximum absolute atomic E-state index is 6.03. The van der Waals surface area contributed by atoms with Gasteiger partial charge < -0.3 is 14.2 Å². The maximum atomic E-state index is 6.03. The van der Waals surface area contributed by atoms with Crippen molar-refractivity contribution in [3.63, 3.8) is 0 Å². The Morgan fingerprint density at radius 2 is 2.04 bits per heavy atom. The Kier molecular flexibility index (Phi) is 4.09. The van der Waals surface area contributed by atoms with Gasteiger partial charge in [0.1, 0.15) is 17.4 Å². The largest absolute Gasteiger partial charge is 0.494 e. The molecule has 0 N–H and O–H groups in total. The number of ether oxygens (including phenoxy) is 3. The molecule has 0 aliphatic carbocycles. The third kappa shape index (κ3) is 2.95. The van der Waals surface area contributed by atoms with Gasteiger partial charge in [0.15, 0.2) is 17.6 Å². The summed E-state index contributed by atoms with van der Waals surface area (Å²) >= 11 is 1.59. The third-order valence-electron chi connectivity index (χ3n) is 3.75. The van der Waals surface area contributed by atoms with Gasteiger partial charge in [0.2, 0.25) is 0 Å². The van der Waals surface area contributed by atoms with Crippen molar-refractivity contribution in [3.05, 3.63) is 58.9 Å². The van der Waals surface area contributed by atoms with Crippen molar-refractivity contribution in [1.29, 1.82) is 0 Å². The van der Waals surface area contributed by atoms with E-state index in [1.807, 2.05) is 60.8 Å². The molecule has 0 radical (unpaired) electrons. The second-order valence-electron chi connectivity index (χ2n) is 5.40. The predicted molar refractivity (Wildman–Crippen MR) is 94.0 cm³/mol. The monoisotopic (exact) mass is 339 g/mol. The molecule has 0 unspecified atom stereocenters. The van der Waals surface area contributed by atoms with Crippen LogP contribution in [0.5, 0.6) is 17.2 Å². The molecule has 3 aromatic rings. The summed E-state index contributed by atoms with van der Waals surface area (Å²) in [7, 11) is 0. The molecule has 0 spiro atoms. The summed E-state index contributed by atoms with van der Waals surface area (Å²) in [5.41, 5.74) is 1.97. The molecule has 4 nitrogen and oxygen atoms in total. The molecular weight excluding hydrogens is 322 g/mol. The highest BCUT2D eigenvalue weighted by atomic mass is 32.1. The highest BCUT2D eigenvalue weighted by molar-refractivity contribution is 7.10. The molecule has 24 heavy (non-hydrogen) atoms. The van der Waals surface area contributed by atoms with Crippen molar-refractivity contribution in [2.24, 2.45) is 0 Å². The van der Waals surface area contributed by atoms with Crippen LogP contribution in [0.3, 0.4) is 0 Å². The number of aromatic nitrogens is 1. The molecule has 1 atom stereocenters. The number of rotatable bonds is 4. The molecule has 2 heterocycles. The van der Waals surface area contributed by atoms with Gasteiger partial charge in [0, 0.05) is 10.9 Å². The number of nitrogens with zero attached hydrogens (tertiary/aromatic N) is 1. The van der Waals surface area contributed by atoms with Crippen LogP contribution in [0.1, 0.15) is 18.0 Å². The SMILES string of the molecule is CCOc1cccc(-c2csc([C@@H]3COc4ccccc4O3)n2)c1. The highest BCUT2D eigenvalue weighted by Crippen LogP contribution is 2.37. The normalized spacial score (nSPS) is 16.0. The first-order valence-electron chi connectivity index (χ1n) is 7.90. The molecule has 2 aromatic carbocycles. The molecule has 1 aliphatic heterocycles. The Hall–Kier alpha value is -2.53. The van der Waals surface area contributed by atoms with Gasteiger partial charge in [0.25, 0.3) is 0 Å². The van der Waals surface area contributed by atoms with Crippen LogP contribution in [-0.2, 0) is 0 Å².